The quantitative estimate of drug-likeness (QED) is 0.473. The van der Waals surface area contributed by atoms with Crippen LogP contribution in [-0.2, 0) is 14.3 Å². The second kappa shape index (κ2) is 9.22. The minimum atomic E-state index is -0.877. The van der Waals surface area contributed by atoms with Gasteiger partial charge in [-0.2, -0.15) is 0 Å². The van der Waals surface area contributed by atoms with Crippen LogP contribution in [0.3, 0.4) is 0 Å². The van der Waals surface area contributed by atoms with E-state index in [1.54, 1.807) is 31.5 Å². The van der Waals surface area contributed by atoms with E-state index >= 15 is 0 Å². The largest absolute Gasteiger partial charge is 0.497 e. The number of carbonyl (C=O) groups is 4. The van der Waals surface area contributed by atoms with Gasteiger partial charge < -0.3 is 20.1 Å². The zero-order valence-corrected chi connectivity index (χ0v) is 19.3. The highest BCUT2D eigenvalue weighted by molar-refractivity contribution is 7.15. The van der Waals surface area contributed by atoms with Crippen molar-refractivity contribution >= 4 is 40.2 Å². The Morgan fingerprint density at radius 1 is 1.18 bits per heavy atom. The Morgan fingerprint density at radius 2 is 1.88 bits per heavy atom. The number of methoxy groups -OCH3 is 1. The number of hydrogen-bond acceptors (Lipinski definition) is 7. The third kappa shape index (κ3) is 4.30. The molecule has 33 heavy (non-hydrogen) atoms. The molecule has 174 valence electrons. The molecular weight excluding hydrogens is 446 g/mol. The van der Waals surface area contributed by atoms with E-state index in [1.165, 1.54) is 11.3 Å². The Labute approximate surface area is 195 Å². The van der Waals surface area contributed by atoms with Crippen LogP contribution < -0.4 is 15.4 Å². The van der Waals surface area contributed by atoms with E-state index in [0.717, 1.165) is 23.3 Å². The molecule has 9 nitrogen and oxygen atoms in total. The fourth-order valence-corrected chi connectivity index (χ4v) is 5.26. The van der Waals surface area contributed by atoms with Gasteiger partial charge in [-0.1, -0.05) is 25.0 Å². The third-order valence-corrected chi connectivity index (χ3v) is 6.82. The summed E-state index contributed by atoms with van der Waals surface area (Å²) in [7, 11) is 1.57. The molecule has 2 aliphatic rings. The van der Waals surface area contributed by atoms with Gasteiger partial charge in [-0.15, -0.1) is 11.3 Å². The topological polar surface area (TPSA) is 114 Å². The van der Waals surface area contributed by atoms with Gasteiger partial charge in [0.15, 0.2) is 0 Å². The number of amides is 4. The molecule has 0 atom stereocenters. The summed E-state index contributed by atoms with van der Waals surface area (Å²) in [6.45, 7) is 1.45. The van der Waals surface area contributed by atoms with Crippen molar-refractivity contribution in [2.45, 2.75) is 38.1 Å². The summed E-state index contributed by atoms with van der Waals surface area (Å²) in [5, 5.41) is 7.50. The summed E-state index contributed by atoms with van der Waals surface area (Å²) in [4.78, 5) is 51.6. The first-order chi connectivity index (χ1) is 15.9. The smallest absolute Gasteiger partial charge is 0.341 e. The Balaban J connectivity index is 1.55. The molecule has 1 aromatic heterocycles. The zero-order valence-electron chi connectivity index (χ0n) is 18.4. The monoisotopic (exact) mass is 471 g/mol. The standard InChI is InChI=1S/C23H25N3O6S/c1-3-32-20(28)18-16(14-6-8-15(31-2)9-7-14)13-33-19(18)24-17(27)12-26-21(29)23(25-22(26)30)10-4-5-11-23/h6-9,13H,3-5,10-12H2,1-2H3,(H,24,27)(H,25,30). The fourth-order valence-electron chi connectivity index (χ4n) is 4.29. The van der Waals surface area contributed by atoms with Gasteiger partial charge in [-0.05, 0) is 37.5 Å². The van der Waals surface area contributed by atoms with Crippen molar-refractivity contribution in [2.75, 3.05) is 25.6 Å². The molecule has 1 aliphatic carbocycles. The average Bonchev–Trinajstić information content (AvgIpc) is 3.50. The lowest BCUT2D eigenvalue weighted by Crippen LogP contribution is -2.44. The summed E-state index contributed by atoms with van der Waals surface area (Å²) in [5.41, 5.74) is 0.715. The number of ether oxygens (including phenoxy) is 2. The number of hydrogen-bond donors (Lipinski definition) is 2. The molecule has 2 N–H and O–H groups in total. The normalized spacial score (nSPS) is 16.7. The predicted octanol–water partition coefficient (Wildman–Crippen LogP) is 3.40. The van der Waals surface area contributed by atoms with Crippen LogP contribution in [0.4, 0.5) is 9.80 Å². The molecule has 1 spiro atoms. The van der Waals surface area contributed by atoms with Gasteiger partial charge in [0.1, 0.15) is 28.4 Å². The van der Waals surface area contributed by atoms with Gasteiger partial charge in [-0.25, -0.2) is 9.59 Å². The number of carbonyl (C=O) groups excluding carboxylic acids is 4. The van der Waals surface area contributed by atoms with Gasteiger partial charge in [0.2, 0.25) is 5.91 Å². The highest BCUT2D eigenvalue weighted by atomic mass is 32.1. The number of esters is 1. The Hall–Kier alpha value is -3.40. The molecule has 0 unspecified atom stereocenters. The number of nitrogens with one attached hydrogen (secondary N) is 2. The molecule has 4 rings (SSSR count). The molecule has 1 aliphatic heterocycles. The van der Waals surface area contributed by atoms with Crippen LogP contribution in [0.15, 0.2) is 29.6 Å². The van der Waals surface area contributed by atoms with Crippen molar-refractivity contribution in [3.63, 3.8) is 0 Å². The summed E-state index contributed by atoms with van der Waals surface area (Å²) in [6, 6.07) is 6.60. The number of urea groups is 1. The van der Waals surface area contributed by atoms with Gasteiger partial charge >= 0.3 is 12.0 Å². The molecule has 2 heterocycles. The van der Waals surface area contributed by atoms with Crippen LogP contribution in [-0.4, -0.2) is 54.5 Å². The second-order valence-corrected chi connectivity index (χ2v) is 8.84. The van der Waals surface area contributed by atoms with Crippen molar-refractivity contribution in [3.8, 4) is 16.9 Å². The molecule has 2 fully saturated rings. The molecule has 1 aromatic carbocycles. The number of thiophene rings is 1. The first-order valence-electron chi connectivity index (χ1n) is 10.8. The predicted molar refractivity (Wildman–Crippen MR) is 122 cm³/mol. The summed E-state index contributed by atoms with van der Waals surface area (Å²) in [6.07, 6.45) is 2.88. The SMILES string of the molecule is CCOC(=O)c1c(-c2ccc(OC)cc2)csc1NC(=O)CN1C(=O)NC2(CCCC2)C1=O. The van der Waals surface area contributed by atoms with Crippen LogP contribution in [0.5, 0.6) is 5.75 Å². The van der Waals surface area contributed by atoms with Crippen molar-refractivity contribution in [1.82, 2.24) is 10.2 Å². The van der Waals surface area contributed by atoms with Gasteiger partial charge in [0.05, 0.1) is 13.7 Å². The average molecular weight is 472 g/mol. The van der Waals surface area contributed by atoms with E-state index < -0.39 is 30.0 Å². The highest BCUT2D eigenvalue weighted by Gasteiger charge is 2.52. The fraction of sp³-hybridized carbons (Fsp3) is 0.391. The van der Waals surface area contributed by atoms with Gasteiger partial charge in [0.25, 0.3) is 5.91 Å². The third-order valence-electron chi connectivity index (χ3n) is 5.93. The summed E-state index contributed by atoms with van der Waals surface area (Å²) >= 11 is 1.17. The summed E-state index contributed by atoms with van der Waals surface area (Å²) < 4.78 is 10.4. The number of rotatable bonds is 7. The highest BCUT2D eigenvalue weighted by Crippen LogP contribution is 2.37. The van der Waals surface area contributed by atoms with E-state index in [9.17, 15) is 19.2 Å². The van der Waals surface area contributed by atoms with Crippen LogP contribution in [0.2, 0.25) is 0 Å². The van der Waals surface area contributed by atoms with Crippen molar-refractivity contribution in [2.24, 2.45) is 0 Å². The number of anilines is 1. The molecule has 2 aromatic rings. The minimum absolute atomic E-state index is 0.175. The maximum absolute atomic E-state index is 12.8. The molecular formula is C23H25N3O6S. The van der Waals surface area contributed by atoms with Crippen molar-refractivity contribution in [3.05, 3.63) is 35.2 Å². The zero-order chi connectivity index (χ0) is 23.6. The molecule has 0 radical (unpaired) electrons. The number of benzene rings is 1. The van der Waals surface area contributed by atoms with Crippen LogP contribution in [0.1, 0.15) is 43.0 Å². The van der Waals surface area contributed by atoms with E-state index in [2.05, 4.69) is 10.6 Å². The van der Waals surface area contributed by atoms with Crippen LogP contribution in [0.25, 0.3) is 11.1 Å². The van der Waals surface area contributed by atoms with Crippen molar-refractivity contribution < 1.29 is 28.7 Å². The van der Waals surface area contributed by atoms with Gasteiger partial charge in [0, 0.05) is 10.9 Å². The van der Waals surface area contributed by atoms with E-state index in [0.29, 0.717) is 29.2 Å². The lowest BCUT2D eigenvalue weighted by molar-refractivity contribution is -0.133. The van der Waals surface area contributed by atoms with E-state index in [1.807, 2.05) is 12.1 Å². The lowest BCUT2D eigenvalue weighted by Gasteiger charge is -2.19. The molecule has 1 saturated carbocycles. The first kappa shape index (κ1) is 22.8. The minimum Gasteiger partial charge on any atom is -0.497 e. The summed E-state index contributed by atoms with van der Waals surface area (Å²) in [5.74, 6) is -0.827. The molecule has 4 amide bonds. The number of nitrogens with zero attached hydrogens (tertiary/aromatic N) is 1. The van der Waals surface area contributed by atoms with Crippen LogP contribution >= 0.6 is 11.3 Å². The van der Waals surface area contributed by atoms with Crippen molar-refractivity contribution in [1.29, 1.82) is 0 Å². The first-order valence-corrected chi connectivity index (χ1v) is 11.6. The molecule has 1 saturated heterocycles. The number of imide groups is 1. The molecule has 0 bridgehead atoms. The second-order valence-electron chi connectivity index (χ2n) is 7.96. The maximum atomic E-state index is 12.8. The lowest BCUT2D eigenvalue weighted by atomic mass is 9.98. The molecule has 10 heteroatoms. The Bertz CT molecular complexity index is 1090. The van der Waals surface area contributed by atoms with Gasteiger partial charge in [-0.3, -0.25) is 14.5 Å². The Kier molecular flexibility index (Phi) is 6.37. The van der Waals surface area contributed by atoms with E-state index in [-0.39, 0.29) is 18.1 Å². The maximum Gasteiger partial charge on any atom is 0.341 e. The Morgan fingerprint density at radius 3 is 2.52 bits per heavy atom. The van der Waals surface area contributed by atoms with E-state index in [4.69, 9.17) is 9.47 Å². The van der Waals surface area contributed by atoms with Crippen LogP contribution in [0, 0.1) is 0 Å².